The second-order valence-electron chi connectivity index (χ2n) is 6.67. The van der Waals surface area contributed by atoms with Crippen LogP contribution in [0, 0.1) is 0 Å². The Hall–Kier alpha value is -2.38. The van der Waals surface area contributed by atoms with Crippen molar-refractivity contribution in [2.45, 2.75) is 37.5 Å². The largest absolute Gasteiger partial charge is 0.496 e. The molecule has 2 heterocycles. The first-order chi connectivity index (χ1) is 12.7. The highest BCUT2D eigenvalue weighted by molar-refractivity contribution is 5.93. The number of aromatic amines is 1. The first-order valence-corrected chi connectivity index (χ1v) is 8.97. The second kappa shape index (κ2) is 7.47. The molecule has 2 aromatic rings. The maximum absolute atomic E-state index is 12.6. The van der Waals surface area contributed by atoms with E-state index in [0.29, 0.717) is 24.6 Å². The molecule has 7 nitrogen and oxygen atoms in total. The van der Waals surface area contributed by atoms with Gasteiger partial charge in [-0.25, -0.2) is 0 Å². The summed E-state index contributed by atoms with van der Waals surface area (Å²) in [7, 11) is 1.62. The van der Waals surface area contributed by atoms with E-state index in [-0.39, 0.29) is 24.2 Å². The number of amides is 1. The number of benzene rings is 1. The Morgan fingerprint density at radius 1 is 1.23 bits per heavy atom. The number of para-hydroxylation sites is 1. The number of ether oxygens (including phenoxy) is 3. The SMILES string of the molecule is COc1ccccc1-c1cc(C(=O)NC2CCC3OCCOC3C2)[nH]n1. The van der Waals surface area contributed by atoms with Crippen LogP contribution in [0.5, 0.6) is 5.75 Å². The predicted molar refractivity (Wildman–Crippen MR) is 95.2 cm³/mol. The zero-order valence-electron chi connectivity index (χ0n) is 14.7. The Morgan fingerprint density at radius 3 is 2.88 bits per heavy atom. The van der Waals surface area contributed by atoms with Crippen molar-refractivity contribution in [3.8, 4) is 17.0 Å². The van der Waals surface area contributed by atoms with Crippen molar-refractivity contribution in [2.24, 2.45) is 0 Å². The van der Waals surface area contributed by atoms with E-state index in [9.17, 15) is 4.79 Å². The maximum Gasteiger partial charge on any atom is 0.269 e. The zero-order chi connectivity index (χ0) is 17.9. The minimum absolute atomic E-state index is 0.0775. The molecular formula is C19H23N3O4. The van der Waals surface area contributed by atoms with Gasteiger partial charge in [0.25, 0.3) is 5.91 Å². The summed E-state index contributed by atoms with van der Waals surface area (Å²) in [6.07, 6.45) is 2.83. The fourth-order valence-corrected chi connectivity index (χ4v) is 3.69. The highest BCUT2D eigenvalue weighted by Gasteiger charge is 2.34. The lowest BCUT2D eigenvalue weighted by Crippen LogP contribution is -2.49. The summed E-state index contributed by atoms with van der Waals surface area (Å²) in [6, 6.07) is 9.43. The van der Waals surface area contributed by atoms with Gasteiger partial charge in [-0.05, 0) is 37.5 Å². The summed E-state index contributed by atoms with van der Waals surface area (Å²) >= 11 is 0. The number of nitrogens with zero attached hydrogens (tertiary/aromatic N) is 1. The molecule has 0 radical (unpaired) electrons. The van der Waals surface area contributed by atoms with Crippen molar-refractivity contribution < 1.29 is 19.0 Å². The molecule has 1 aromatic heterocycles. The molecule has 1 amide bonds. The molecule has 0 bridgehead atoms. The molecule has 3 unspecified atom stereocenters. The van der Waals surface area contributed by atoms with E-state index in [0.717, 1.165) is 30.6 Å². The van der Waals surface area contributed by atoms with Crippen LogP contribution in [0.1, 0.15) is 29.8 Å². The average molecular weight is 357 g/mol. The Morgan fingerprint density at radius 2 is 2.04 bits per heavy atom. The van der Waals surface area contributed by atoms with E-state index >= 15 is 0 Å². The Bertz CT molecular complexity index is 776. The van der Waals surface area contributed by atoms with Crippen molar-refractivity contribution in [3.05, 3.63) is 36.0 Å². The van der Waals surface area contributed by atoms with Gasteiger partial charge in [-0.3, -0.25) is 9.89 Å². The number of rotatable bonds is 4. The van der Waals surface area contributed by atoms with Crippen molar-refractivity contribution in [2.75, 3.05) is 20.3 Å². The molecule has 1 aliphatic heterocycles. The smallest absolute Gasteiger partial charge is 0.269 e. The molecule has 1 aliphatic carbocycles. The molecule has 2 aliphatic rings. The summed E-state index contributed by atoms with van der Waals surface area (Å²) in [6.45, 7) is 1.29. The summed E-state index contributed by atoms with van der Waals surface area (Å²) in [5.41, 5.74) is 1.97. The quantitative estimate of drug-likeness (QED) is 0.876. The van der Waals surface area contributed by atoms with Gasteiger partial charge in [-0.1, -0.05) is 12.1 Å². The van der Waals surface area contributed by atoms with Gasteiger partial charge in [-0.2, -0.15) is 5.10 Å². The Labute approximate surface area is 152 Å². The van der Waals surface area contributed by atoms with Gasteiger partial charge < -0.3 is 19.5 Å². The number of nitrogens with one attached hydrogen (secondary N) is 2. The molecule has 4 rings (SSSR count). The molecule has 0 spiro atoms. The molecule has 1 saturated carbocycles. The van der Waals surface area contributed by atoms with Crippen LogP contribution < -0.4 is 10.1 Å². The Kier molecular flexibility index (Phi) is 4.90. The van der Waals surface area contributed by atoms with Crippen LogP contribution in [0.15, 0.2) is 30.3 Å². The predicted octanol–water partition coefficient (Wildman–Crippen LogP) is 2.15. The van der Waals surface area contributed by atoms with E-state index in [2.05, 4.69) is 15.5 Å². The molecule has 26 heavy (non-hydrogen) atoms. The van der Waals surface area contributed by atoms with E-state index in [4.69, 9.17) is 14.2 Å². The first kappa shape index (κ1) is 17.1. The molecule has 1 saturated heterocycles. The van der Waals surface area contributed by atoms with Crippen LogP contribution in [0.2, 0.25) is 0 Å². The highest BCUT2D eigenvalue weighted by Crippen LogP contribution is 2.29. The third-order valence-electron chi connectivity index (χ3n) is 5.02. The minimum Gasteiger partial charge on any atom is -0.496 e. The Balaban J connectivity index is 1.42. The standard InChI is InChI=1S/C19H23N3O4/c1-24-16-5-3-2-4-13(16)14-11-15(22-21-14)19(23)20-12-6-7-17-18(10-12)26-9-8-25-17/h2-5,11-12,17-18H,6-10H2,1H3,(H,20,23)(H,21,22). The van der Waals surface area contributed by atoms with E-state index < -0.39 is 0 Å². The second-order valence-corrected chi connectivity index (χ2v) is 6.67. The van der Waals surface area contributed by atoms with Crippen molar-refractivity contribution in [1.82, 2.24) is 15.5 Å². The average Bonchev–Trinajstić information content (AvgIpc) is 3.18. The number of H-pyrrole nitrogens is 1. The number of carbonyl (C=O) groups excluding carboxylic acids is 1. The zero-order valence-corrected chi connectivity index (χ0v) is 14.7. The normalized spacial score (nSPS) is 25.3. The van der Waals surface area contributed by atoms with Gasteiger partial charge in [-0.15, -0.1) is 0 Å². The van der Waals surface area contributed by atoms with Crippen LogP contribution >= 0.6 is 0 Å². The van der Waals surface area contributed by atoms with Crippen molar-refractivity contribution >= 4 is 5.91 Å². The van der Waals surface area contributed by atoms with Gasteiger partial charge in [0.2, 0.25) is 0 Å². The number of aromatic nitrogens is 2. The van der Waals surface area contributed by atoms with Crippen LogP contribution in [0.25, 0.3) is 11.3 Å². The van der Waals surface area contributed by atoms with Gasteiger partial charge in [0.1, 0.15) is 11.4 Å². The lowest BCUT2D eigenvalue weighted by atomic mass is 9.89. The number of carbonyl (C=O) groups is 1. The monoisotopic (exact) mass is 357 g/mol. The number of hydrogen-bond acceptors (Lipinski definition) is 5. The molecule has 1 aromatic carbocycles. The lowest BCUT2D eigenvalue weighted by Gasteiger charge is -2.38. The van der Waals surface area contributed by atoms with Crippen LogP contribution in [0.3, 0.4) is 0 Å². The first-order valence-electron chi connectivity index (χ1n) is 8.97. The fraction of sp³-hybridized carbons (Fsp3) is 0.474. The topological polar surface area (TPSA) is 85.5 Å². The summed E-state index contributed by atoms with van der Waals surface area (Å²) < 4.78 is 16.9. The summed E-state index contributed by atoms with van der Waals surface area (Å²) in [5.74, 6) is 0.567. The minimum atomic E-state index is -0.154. The van der Waals surface area contributed by atoms with E-state index in [1.807, 2.05) is 24.3 Å². The van der Waals surface area contributed by atoms with E-state index in [1.54, 1.807) is 13.2 Å². The fourth-order valence-electron chi connectivity index (χ4n) is 3.69. The highest BCUT2D eigenvalue weighted by atomic mass is 16.6. The van der Waals surface area contributed by atoms with Gasteiger partial charge >= 0.3 is 0 Å². The van der Waals surface area contributed by atoms with Crippen LogP contribution in [-0.2, 0) is 9.47 Å². The van der Waals surface area contributed by atoms with Crippen molar-refractivity contribution in [3.63, 3.8) is 0 Å². The maximum atomic E-state index is 12.6. The number of methoxy groups -OCH3 is 1. The third-order valence-corrected chi connectivity index (χ3v) is 5.02. The molecule has 138 valence electrons. The third kappa shape index (κ3) is 3.45. The van der Waals surface area contributed by atoms with Gasteiger partial charge in [0, 0.05) is 11.6 Å². The molecular weight excluding hydrogens is 334 g/mol. The number of fused-ring (bicyclic) bond motifs is 1. The van der Waals surface area contributed by atoms with Gasteiger partial charge in [0.15, 0.2) is 0 Å². The molecule has 2 N–H and O–H groups in total. The van der Waals surface area contributed by atoms with Crippen molar-refractivity contribution in [1.29, 1.82) is 0 Å². The molecule has 3 atom stereocenters. The summed E-state index contributed by atoms with van der Waals surface area (Å²) in [4.78, 5) is 12.6. The number of hydrogen-bond donors (Lipinski definition) is 2. The lowest BCUT2D eigenvalue weighted by molar-refractivity contribution is -0.157. The van der Waals surface area contributed by atoms with Gasteiger partial charge in [0.05, 0.1) is 38.2 Å². The molecule has 7 heteroatoms. The van der Waals surface area contributed by atoms with Crippen LogP contribution in [0.4, 0.5) is 0 Å². The van der Waals surface area contributed by atoms with E-state index in [1.165, 1.54) is 0 Å². The van der Waals surface area contributed by atoms with Crippen LogP contribution in [-0.4, -0.2) is 54.7 Å². The molecule has 2 fully saturated rings. The summed E-state index contributed by atoms with van der Waals surface area (Å²) in [5, 5.41) is 10.2.